The number of para-hydroxylation sites is 2. The van der Waals surface area contributed by atoms with Crippen LogP contribution in [0.15, 0.2) is 42.6 Å². The zero-order chi connectivity index (χ0) is 15.4. The van der Waals surface area contributed by atoms with Gasteiger partial charge in [0.05, 0.1) is 0 Å². The number of rotatable bonds is 5. The minimum Gasteiger partial charge on any atom is -0.486 e. The van der Waals surface area contributed by atoms with Crippen LogP contribution in [0.5, 0.6) is 11.5 Å². The van der Waals surface area contributed by atoms with Gasteiger partial charge in [-0.15, -0.1) is 0 Å². The zero-order valence-corrected chi connectivity index (χ0v) is 13.0. The smallest absolute Gasteiger partial charge is 0.161 e. The third kappa shape index (κ3) is 3.49. The quantitative estimate of drug-likeness (QED) is 0.916. The number of hydrogen-bond donors (Lipinski definition) is 1. The van der Waals surface area contributed by atoms with E-state index in [0.717, 1.165) is 36.0 Å². The maximum absolute atomic E-state index is 5.91. The molecule has 0 fully saturated rings. The van der Waals surface area contributed by atoms with Gasteiger partial charge in [-0.05, 0) is 23.8 Å². The van der Waals surface area contributed by atoms with Crippen molar-refractivity contribution in [3.8, 4) is 11.5 Å². The molecule has 0 saturated heterocycles. The van der Waals surface area contributed by atoms with E-state index in [4.69, 9.17) is 9.47 Å². The number of fused-ring (bicyclic) bond motifs is 1. The van der Waals surface area contributed by atoms with E-state index in [1.165, 1.54) is 0 Å². The summed E-state index contributed by atoms with van der Waals surface area (Å²) in [6.07, 6.45) is 1.93. The van der Waals surface area contributed by atoms with Gasteiger partial charge >= 0.3 is 0 Å². The summed E-state index contributed by atoms with van der Waals surface area (Å²) in [7, 11) is 3.97. The Labute approximate surface area is 130 Å². The molecule has 1 unspecified atom stereocenters. The summed E-state index contributed by atoms with van der Waals surface area (Å²) >= 11 is 0. The first-order chi connectivity index (χ1) is 10.7. The molecule has 0 amide bonds. The highest BCUT2D eigenvalue weighted by Crippen LogP contribution is 2.30. The predicted molar refractivity (Wildman–Crippen MR) is 86.6 cm³/mol. The second kappa shape index (κ2) is 6.66. The molecule has 1 aliphatic heterocycles. The first-order valence-electron chi connectivity index (χ1n) is 7.44. The van der Waals surface area contributed by atoms with E-state index in [9.17, 15) is 0 Å². The van der Waals surface area contributed by atoms with Crippen molar-refractivity contribution in [2.75, 3.05) is 32.1 Å². The average molecular weight is 299 g/mol. The molecule has 2 aromatic rings. The van der Waals surface area contributed by atoms with Gasteiger partial charge in [0, 0.05) is 33.4 Å². The first kappa shape index (κ1) is 14.7. The van der Waals surface area contributed by atoms with E-state index in [1.807, 2.05) is 55.5 Å². The van der Waals surface area contributed by atoms with Gasteiger partial charge in [-0.1, -0.05) is 18.2 Å². The average Bonchev–Trinajstić information content (AvgIpc) is 2.55. The van der Waals surface area contributed by atoms with Crippen molar-refractivity contribution in [1.82, 2.24) is 10.3 Å². The van der Waals surface area contributed by atoms with Crippen molar-refractivity contribution in [2.24, 2.45) is 0 Å². The number of aromatic nitrogens is 1. The fourth-order valence-corrected chi connectivity index (χ4v) is 2.33. The van der Waals surface area contributed by atoms with Gasteiger partial charge in [0.25, 0.3) is 0 Å². The van der Waals surface area contributed by atoms with E-state index in [2.05, 4.69) is 16.4 Å². The van der Waals surface area contributed by atoms with Gasteiger partial charge < -0.3 is 19.7 Å². The van der Waals surface area contributed by atoms with Crippen LogP contribution in [0.3, 0.4) is 0 Å². The zero-order valence-electron chi connectivity index (χ0n) is 13.0. The molecule has 1 aromatic heterocycles. The van der Waals surface area contributed by atoms with Gasteiger partial charge in [0.1, 0.15) is 18.5 Å². The van der Waals surface area contributed by atoms with Crippen molar-refractivity contribution in [2.45, 2.75) is 12.6 Å². The molecule has 1 aromatic carbocycles. The Morgan fingerprint density at radius 2 is 2.00 bits per heavy atom. The summed E-state index contributed by atoms with van der Waals surface area (Å²) in [5, 5.41) is 3.39. The Balaban J connectivity index is 1.48. The molecule has 5 heteroatoms. The number of nitrogens with zero attached hydrogens (tertiary/aromatic N) is 2. The summed E-state index contributed by atoms with van der Waals surface area (Å²) in [5.74, 6) is 2.60. The fraction of sp³-hybridized carbons (Fsp3) is 0.353. The van der Waals surface area contributed by atoms with Crippen LogP contribution in [0.1, 0.15) is 5.56 Å². The van der Waals surface area contributed by atoms with Crippen molar-refractivity contribution < 1.29 is 9.47 Å². The van der Waals surface area contributed by atoms with E-state index in [1.54, 1.807) is 0 Å². The van der Waals surface area contributed by atoms with Crippen LogP contribution in [0.2, 0.25) is 0 Å². The molecule has 0 saturated carbocycles. The van der Waals surface area contributed by atoms with E-state index in [0.29, 0.717) is 6.61 Å². The lowest BCUT2D eigenvalue weighted by Crippen LogP contribution is -2.38. The Morgan fingerprint density at radius 1 is 1.18 bits per heavy atom. The number of ether oxygens (including phenoxy) is 2. The second-order valence-electron chi connectivity index (χ2n) is 5.55. The third-order valence-corrected chi connectivity index (χ3v) is 3.54. The van der Waals surface area contributed by atoms with Gasteiger partial charge in [0.2, 0.25) is 0 Å². The lowest BCUT2D eigenvalue weighted by atomic mass is 10.2. The molecule has 1 aliphatic rings. The standard InChI is InChI=1S/C17H21N3O2/c1-20(2)17-8-7-13(10-19-17)9-18-11-14-12-21-15-5-3-4-6-16(15)22-14/h3-8,10,14,18H,9,11-12H2,1-2H3. The molecule has 22 heavy (non-hydrogen) atoms. The number of nitrogens with one attached hydrogen (secondary N) is 1. The van der Waals surface area contributed by atoms with Crippen LogP contribution >= 0.6 is 0 Å². The highest BCUT2D eigenvalue weighted by molar-refractivity contribution is 5.40. The van der Waals surface area contributed by atoms with Gasteiger partial charge in [-0.3, -0.25) is 0 Å². The van der Waals surface area contributed by atoms with Gasteiger partial charge in [-0.25, -0.2) is 4.98 Å². The van der Waals surface area contributed by atoms with E-state index in [-0.39, 0.29) is 6.10 Å². The maximum Gasteiger partial charge on any atom is 0.161 e. The summed E-state index contributed by atoms with van der Waals surface area (Å²) in [6, 6.07) is 11.9. The summed E-state index contributed by atoms with van der Waals surface area (Å²) in [4.78, 5) is 6.39. The Bertz CT molecular complexity index is 614. The Hall–Kier alpha value is -2.27. The number of anilines is 1. The van der Waals surface area contributed by atoms with Crippen molar-refractivity contribution in [3.63, 3.8) is 0 Å². The molecule has 0 bridgehead atoms. The van der Waals surface area contributed by atoms with E-state index < -0.39 is 0 Å². The van der Waals surface area contributed by atoms with E-state index >= 15 is 0 Å². The molecular weight excluding hydrogens is 278 g/mol. The molecule has 2 heterocycles. The van der Waals surface area contributed by atoms with Crippen LogP contribution in [-0.4, -0.2) is 38.3 Å². The first-order valence-corrected chi connectivity index (χ1v) is 7.44. The number of pyridine rings is 1. The van der Waals surface area contributed by atoms with Crippen molar-refractivity contribution in [1.29, 1.82) is 0 Å². The highest BCUT2D eigenvalue weighted by Gasteiger charge is 2.19. The molecule has 0 radical (unpaired) electrons. The molecule has 1 atom stereocenters. The molecule has 116 valence electrons. The minimum atomic E-state index is 0.0314. The summed E-state index contributed by atoms with van der Waals surface area (Å²) in [6.45, 7) is 2.08. The lowest BCUT2D eigenvalue weighted by molar-refractivity contribution is 0.0902. The highest BCUT2D eigenvalue weighted by atomic mass is 16.6. The van der Waals surface area contributed by atoms with Crippen LogP contribution in [0.25, 0.3) is 0 Å². The number of hydrogen-bond acceptors (Lipinski definition) is 5. The summed E-state index contributed by atoms with van der Waals surface area (Å²) in [5.41, 5.74) is 1.16. The van der Waals surface area contributed by atoms with Crippen LogP contribution in [0.4, 0.5) is 5.82 Å². The van der Waals surface area contributed by atoms with Crippen LogP contribution < -0.4 is 19.7 Å². The Morgan fingerprint density at radius 3 is 2.73 bits per heavy atom. The van der Waals surface area contributed by atoms with Crippen molar-refractivity contribution >= 4 is 5.82 Å². The maximum atomic E-state index is 5.91. The van der Waals surface area contributed by atoms with Crippen molar-refractivity contribution in [3.05, 3.63) is 48.2 Å². The minimum absolute atomic E-state index is 0.0314. The molecule has 0 aliphatic carbocycles. The van der Waals surface area contributed by atoms with Gasteiger partial charge in [0.15, 0.2) is 11.5 Å². The lowest BCUT2D eigenvalue weighted by Gasteiger charge is -2.26. The normalized spacial score (nSPS) is 16.4. The molecular formula is C17H21N3O2. The van der Waals surface area contributed by atoms with Gasteiger partial charge in [-0.2, -0.15) is 0 Å². The van der Waals surface area contributed by atoms with Crippen LogP contribution in [0, 0.1) is 0 Å². The molecule has 5 nitrogen and oxygen atoms in total. The second-order valence-corrected chi connectivity index (χ2v) is 5.55. The predicted octanol–water partition coefficient (Wildman–Crippen LogP) is 2.08. The molecule has 1 N–H and O–H groups in total. The molecule has 3 rings (SSSR count). The Kier molecular flexibility index (Phi) is 4.44. The summed E-state index contributed by atoms with van der Waals surface area (Å²) < 4.78 is 11.6. The SMILES string of the molecule is CN(C)c1ccc(CNCC2COc3ccccc3O2)cn1. The monoisotopic (exact) mass is 299 g/mol. The molecule has 0 spiro atoms. The topological polar surface area (TPSA) is 46.6 Å². The van der Waals surface area contributed by atoms with Crippen LogP contribution in [-0.2, 0) is 6.54 Å². The largest absolute Gasteiger partial charge is 0.486 e. The fourth-order valence-electron chi connectivity index (χ4n) is 2.33. The third-order valence-electron chi connectivity index (χ3n) is 3.54. The number of benzene rings is 1.